The summed E-state index contributed by atoms with van der Waals surface area (Å²) in [5.41, 5.74) is 1.66. The number of benzene rings is 1. The molecule has 0 fully saturated rings. The van der Waals surface area contributed by atoms with E-state index in [1.54, 1.807) is 25.1 Å². The molecule has 0 aliphatic carbocycles. The Morgan fingerprint density at radius 3 is 2.59 bits per heavy atom. The normalized spacial score (nSPS) is 11.4. The van der Waals surface area contributed by atoms with Crippen LogP contribution in [0.3, 0.4) is 0 Å². The largest absolute Gasteiger partial charge is 0.461 e. The van der Waals surface area contributed by atoms with Crippen molar-refractivity contribution < 1.29 is 22.5 Å². The van der Waals surface area contributed by atoms with Crippen LogP contribution in [0.2, 0.25) is 0 Å². The van der Waals surface area contributed by atoms with E-state index in [0.717, 1.165) is 16.9 Å². The summed E-state index contributed by atoms with van der Waals surface area (Å²) in [6.45, 7) is 3.86. The van der Waals surface area contributed by atoms with Gasteiger partial charge in [-0.15, -0.1) is 11.3 Å². The first kappa shape index (κ1) is 19.1. The van der Waals surface area contributed by atoms with Crippen LogP contribution in [0.25, 0.3) is 10.6 Å². The van der Waals surface area contributed by atoms with E-state index in [2.05, 4.69) is 5.16 Å². The Labute approximate surface area is 161 Å². The zero-order valence-corrected chi connectivity index (χ0v) is 16.6. The summed E-state index contributed by atoms with van der Waals surface area (Å²) in [5.74, 6) is -0.279. The van der Waals surface area contributed by atoms with Crippen molar-refractivity contribution in [3.05, 3.63) is 53.7 Å². The van der Waals surface area contributed by atoms with Crippen LogP contribution in [-0.4, -0.2) is 33.2 Å². The molecule has 1 aromatic carbocycles. The fourth-order valence-corrected chi connectivity index (χ4v) is 4.93. The zero-order valence-electron chi connectivity index (χ0n) is 15.0. The van der Waals surface area contributed by atoms with Crippen molar-refractivity contribution in [2.24, 2.45) is 0 Å². The van der Waals surface area contributed by atoms with Gasteiger partial charge in [-0.05, 0) is 38.1 Å². The van der Waals surface area contributed by atoms with Crippen molar-refractivity contribution >= 4 is 33.0 Å². The lowest BCUT2D eigenvalue weighted by molar-refractivity contribution is 0.0514. The number of hydrogen-bond acceptors (Lipinski definition) is 7. The molecule has 0 aliphatic rings. The van der Waals surface area contributed by atoms with Gasteiger partial charge in [0.15, 0.2) is 11.5 Å². The monoisotopic (exact) mass is 406 g/mol. The highest BCUT2D eigenvalue weighted by Crippen LogP contribution is 2.33. The van der Waals surface area contributed by atoms with Gasteiger partial charge >= 0.3 is 5.97 Å². The van der Waals surface area contributed by atoms with Gasteiger partial charge in [-0.3, -0.25) is 4.31 Å². The number of rotatable bonds is 6. The molecule has 0 bridgehead atoms. The average molecular weight is 406 g/mol. The van der Waals surface area contributed by atoms with E-state index in [1.807, 2.05) is 19.1 Å². The number of anilines is 1. The number of hydrogen-bond donors (Lipinski definition) is 0. The van der Waals surface area contributed by atoms with Crippen LogP contribution in [0, 0.1) is 6.92 Å². The molecule has 7 nitrogen and oxygen atoms in total. The molecule has 3 rings (SSSR count). The SMILES string of the molecule is CCOC(=O)c1cc(-c2ccc(S(=O)(=O)N(C)c3ccc(C)cc3)s2)on1. The van der Waals surface area contributed by atoms with Crippen LogP contribution < -0.4 is 4.31 Å². The summed E-state index contributed by atoms with van der Waals surface area (Å²) < 4.78 is 37.2. The quantitative estimate of drug-likeness (QED) is 0.580. The molecule has 142 valence electrons. The third-order valence-corrected chi connectivity index (χ3v) is 7.18. The number of carbonyl (C=O) groups excluding carboxylic acids is 1. The van der Waals surface area contributed by atoms with Gasteiger partial charge in [-0.25, -0.2) is 13.2 Å². The highest BCUT2D eigenvalue weighted by molar-refractivity contribution is 7.94. The second kappa shape index (κ2) is 7.53. The number of carbonyl (C=O) groups is 1. The molecule has 2 aromatic heterocycles. The van der Waals surface area contributed by atoms with E-state index >= 15 is 0 Å². The van der Waals surface area contributed by atoms with Crippen LogP contribution in [0.4, 0.5) is 5.69 Å². The summed E-state index contributed by atoms with van der Waals surface area (Å²) in [5, 5.41) is 3.67. The number of esters is 1. The van der Waals surface area contributed by atoms with Gasteiger partial charge in [0.2, 0.25) is 0 Å². The minimum absolute atomic E-state index is 0.0430. The van der Waals surface area contributed by atoms with Crippen LogP contribution in [0.5, 0.6) is 0 Å². The van der Waals surface area contributed by atoms with Crippen molar-refractivity contribution in [1.82, 2.24) is 5.16 Å². The molecule has 0 radical (unpaired) electrons. The Morgan fingerprint density at radius 2 is 1.93 bits per heavy atom. The first-order valence-corrected chi connectivity index (χ1v) is 10.4. The number of aryl methyl sites for hydroxylation is 1. The average Bonchev–Trinajstić information content (AvgIpc) is 3.31. The minimum atomic E-state index is -3.71. The van der Waals surface area contributed by atoms with Crippen molar-refractivity contribution in [3.63, 3.8) is 0 Å². The van der Waals surface area contributed by atoms with E-state index in [0.29, 0.717) is 16.3 Å². The molecule has 0 N–H and O–H groups in total. The third-order valence-electron chi connectivity index (χ3n) is 3.83. The molecule has 0 saturated heterocycles. The van der Waals surface area contributed by atoms with E-state index in [-0.39, 0.29) is 16.5 Å². The predicted molar refractivity (Wildman–Crippen MR) is 103 cm³/mol. The van der Waals surface area contributed by atoms with Gasteiger partial charge in [-0.2, -0.15) is 0 Å². The molecule has 0 unspecified atom stereocenters. The van der Waals surface area contributed by atoms with Gasteiger partial charge in [-0.1, -0.05) is 22.9 Å². The molecule has 3 aromatic rings. The lowest BCUT2D eigenvalue weighted by Crippen LogP contribution is -2.25. The lowest BCUT2D eigenvalue weighted by Gasteiger charge is -2.18. The molecular formula is C18H18N2O5S2. The van der Waals surface area contributed by atoms with E-state index in [9.17, 15) is 13.2 Å². The number of sulfonamides is 1. The first-order chi connectivity index (χ1) is 12.8. The van der Waals surface area contributed by atoms with Crippen molar-refractivity contribution in [2.45, 2.75) is 18.1 Å². The Morgan fingerprint density at radius 1 is 1.22 bits per heavy atom. The number of ether oxygens (including phenoxy) is 1. The topological polar surface area (TPSA) is 89.7 Å². The zero-order chi connectivity index (χ0) is 19.6. The highest BCUT2D eigenvalue weighted by atomic mass is 32.2. The van der Waals surface area contributed by atoms with Crippen LogP contribution in [-0.2, 0) is 14.8 Å². The second-order valence-corrected chi connectivity index (χ2v) is 9.00. The van der Waals surface area contributed by atoms with Crippen LogP contribution in [0.1, 0.15) is 23.0 Å². The summed E-state index contributed by atoms with van der Waals surface area (Å²) in [6.07, 6.45) is 0. The molecule has 0 saturated carbocycles. The van der Waals surface area contributed by atoms with Crippen LogP contribution in [0.15, 0.2) is 51.2 Å². The van der Waals surface area contributed by atoms with Gasteiger partial charge in [0, 0.05) is 13.1 Å². The van der Waals surface area contributed by atoms with Crippen molar-refractivity contribution in [3.8, 4) is 10.6 Å². The predicted octanol–water partition coefficient (Wildman–Crippen LogP) is 3.71. The summed E-state index contributed by atoms with van der Waals surface area (Å²) >= 11 is 1.04. The Balaban J connectivity index is 1.86. The van der Waals surface area contributed by atoms with Crippen molar-refractivity contribution in [2.75, 3.05) is 18.0 Å². The first-order valence-electron chi connectivity index (χ1n) is 8.12. The molecular weight excluding hydrogens is 388 g/mol. The molecule has 0 spiro atoms. The van der Waals surface area contributed by atoms with Gasteiger partial charge in [0.25, 0.3) is 10.0 Å². The van der Waals surface area contributed by atoms with Crippen LogP contribution >= 0.6 is 11.3 Å². The molecule has 0 aliphatic heterocycles. The van der Waals surface area contributed by atoms with E-state index in [4.69, 9.17) is 9.26 Å². The standard InChI is InChI=1S/C18H18N2O5S2/c1-4-24-18(21)14-11-15(25-19-14)16-9-10-17(26-16)27(22,23)20(3)13-7-5-12(2)6-8-13/h5-11H,4H2,1-3H3. The molecule has 9 heteroatoms. The molecule has 0 atom stereocenters. The molecule has 2 heterocycles. The maximum Gasteiger partial charge on any atom is 0.360 e. The number of thiophene rings is 1. The maximum absolute atomic E-state index is 12.9. The summed E-state index contributed by atoms with van der Waals surface area (Å²) in [6, 6.07) is 11.8. The minimum Gasteiger partial charge on any atom is -0.461 e. The summed E-state index contributed by atoms with van der Waals surface area (Å²) in [7, 11) is -2.21. The fourth-order valence-electron chi connectivity index (χ4n) is 2.31. The number of aromatic nitrogens is 1. The van der Waals surface area contributed by atoms with E-state index in [1.165, 1.54) is 23.5 Å². The summed E-state index contributed by atoms with van der Waals surface area (Å²) in [4.78, 5) is 12.2. The Hall–Kier alpha value is -2.65. The van der Waals surface area contributed by atoms with Gasteiger partial charge in [0.05, 0.1) is 17.2 Å². The molecule has 27 heavy (non-hydrogen) atoms. The maximum atomic E-state index is 12.9. The number of nitrogens with zero attached hydrogens (tertiary/aromatic N) is 2. The van der Waals surface area contributed by atoms with Gasteiger partial charge in [0.1, 0.15) is 4.21 Å². The third kappa shape index (κ3) is 3.88. The van der Waals surface area contributed by atoms with Gasteiger partial charge < -0.3 is 9.26 Å². The second-order valence-electron chi connectivity index (χ2n) is 5.72. The highest BCUT2D eigenvalue weighted by Gasteiger charge is 2.25. The van der Waals surface area contributed by atoms with Crippen molar-refractivity contribution in [1.29, 1.82) is 0 Å². The Bertz CT molecular complexity index is 1050. The lowest BCUT2D eigenvalue weighted by atomic mass is 10.2. The Kier molecular flexibility index (Phi) is 5.33. The fraction of sp³-hybridized carbons (Fsp3) is 0.222. The smallest absolute Gasteiger partial charge is 0.360 e. The molecule has 0 amide bonds. The van der Waals surface area contributed by atoms with E-state index < -0.39 is 16.0 Å².